The summed E-state index contributed by atoms with van der Waals surface area (Å²) in [5.74, 6) is 0.463. The number of aromatic nitrogens is 3. The molecule has 0 spiro atoms. The van der Waals surface area contributed by atoms with Gasteiger partial charge in [0, 0.05) is 12.7 Å². The van der Waals surface area contributed by atoms with Gasteiger partial charge in [-0.15, -0.1) is 15.0 Å². The summed E-state index contributed by atoms with van der Waals surface area (Å²) in [6.07, 6.45) is 6.54. The summed E-state index contributed by atoms with van der Waals surface area (Å²) in [6, 6.07) is 12.4. The molecule has 1 atom stereocenters. The molecular weight excluding hydrogens is 382 g/mol. The summed E-state index contributed by atoms with van der Waals surface area (Å²) in [5, 5.41) is 29.1. The molecule has 0 aliphatic heterocycles. The lowest BCUT2D eigenvalue weighted by atomic mass is 10.1. The number of aliphatic hydroxyl groups is 1. The van der Waals surface area contributed by atoms with Gasteiger partial charge in [0.15, 0.2) is 0 Å². The Morgan fingerprint density at radius 3 is 2.33 bits per heavy atom. The van der Waals surface area contributed by atoms with Crippen molar-refractivity contribution in [1.29, 1.82) is 0 Å². The standard InChI is InChI=1S/C23H31N3O4/c1-2-3-4-5-6-9-14-29-16-18(27)17-30-19-12-13-22(23(28)15-19)26-24-20-10-7-8-11-21(20)25-26/h7-8,10-13,15,18,27-28H,2-6,9,14,16-17H2,1H3/t18-/m1/s1. The lowest BCUT2D eigenvalue weighted by Gasteiger charge is -2.13. The maximum atomic E-state index is 10.3. The highest BCUT2D eigenvalue weighted by Gasteiger charge is 2.11. The van der Waals surface area contributed by atoms with Gasteiger partial charge in [-0.05, 0) is 30.7 Å². The van der Waals surface area contributed by atoms with E-state index in [0.29, 0.717) is 18.0 Å². The second-order valence-corrected chi connectivity index (χ2v) is 7.44. The molecule has 1 heterocycles. The molecule has 1 aromatic heterocycles. The van der Waals surface area contributed by atoms with E-state index in [1.54, 1.807) is 12.1 Å². The zero-order valence-corrected chi connectivity index (χ0v) is 17.5. The molecule has 0 saturated heterocycles. The molecule has 0 aliphatic rings. The number of ether oxygens (including phenoxy) is 2. The second kappa shape index (κ2) is 11.5. The van der Waals surface area contributed by atoms with Gasteiger partial charge >= 0.3 is 0 Å². The molecule has 2 N–H and O–H groups in total. The van der Waals surface area contributed by atoms with Crippen LogP contribution in [0, 0.1) is 0 Å². The first-order valence-corrected chi connectivity index (χ1v) is 10.7. The maximum absolute atomic E-state index is 10.3. The van der Waals surface area contributed by atoms with Crippen LogP contribution in [0.5, 0.6) is 11.5 Å². The summed E-state index contributed by atoms with van der Waals surface area (Å²) < 4.78 is 11.1. The first-order valence-electron chi connectivity index (χ1n) is 10.7. The molecule has 30 heavy (non-hydrogen) atoms. The fourth-order valence-corrected chi connectivity index (χ4v) is 3.17. The number of aliphatic hydroxyl groups excluding tert-OH is 1. The Morgan fingerprint density at radius 2 is 1.63 bits per heavy atom. The van der Waals surface area contributed by atoms with E-state index in [2.05, 4.69) is 17.1 Å². The highest BCUT2D eigenvalue weighted by molar-refractivity contribution is 5.73. The normalized spacial score (nSPS) is 12.3. The van der Waals surface area contributed by atoms with Gasteiger partial charge in [0.1, 0.15) is 40.9 Å². The monoisotopic (exact) mass is 413 g/mol. The number of phenolic OH excluding ortho intramolecular Hbond substituents is 1. The van der Waals surface area contributed by atoms with Crippen LogP contribution in [-0.4, -0.2) is 51.1 Å². The van der Waals surface area contributed by atoms with E-state index in [0.717, 1.165) is 17.5 Å². The van der Waals surface area contributed by atoms with Gasteiger partial charge in [0.2, 0.25) is 0 Å². The fraction of sp³-hybridized carbons (Fsp3) is 0.478. The third kappa shape index (κ3) is 6.43. The van der Waals surface area contributed by atoms with Crippen molar-refractivity contribution < 1.29 is 19.7 Å². The molecule has 0 aliphatic carbocycles. The average Bonchev–Trinajstić information content (AvgIpc) is 3.18. The number of benzene rings is 2. The van der Waals surface area contributed by atoms with Crippen LogP contribution in [0.3, 0.4) is 0 Å². The highest BCUT2D eigenvalue weighted by Crippen LogP contribution is 2.26. The molecule has 0 unspecified atom stereocenters. The Morgan fingerprint density at radius 1 is 0.933 bits per heavy atom. The van der Waals surface area contributed by atoms with Crippen LogP contribution < -0.4 is 4.74 Å². The van der Waals surface area contributed by atoms with Crippen LogP contribution in [0.4, 0.5) is 0 Å². The number of aromatic hydroxyl groups is 1. The van der Waals surface area contributed by atoms with Crippen LogP contribution in [0.2, 0.25) is 0 Å². The third-order valence-electron chi connectivity index (χ3n) is 4.84. The van der Waals surface area contributed by atoms with Crippen LogP contribution in [0.25, 0.3) is 16.7 Å². The Hall–Kier alpha value is -2.64. The van der Waals surface area contributed by atoms with E-state index >= 15 is 0 Å². The Bertz CT molecular complexity index is 879. The Balaban J connectivity index is 1.41. The summed E-state index contributed by atoms with van der Waals surface area (Å²) in [5.41, 5.74) is 1.96. The van der Waals surface area contributed by atoms with Crippen molar-refractivity contribution in [2.24, 2.45) is 0 Å². The van der Waals surface area contributed by atoms with Gasteiger partial charge in [-0.25, -0.2) is 0 Å². The summed E-state index contributed by atoms with van der Waals surface area (Å²) in [4.78, 5) is 1.40. The molecule has 7 heteroatoms. The zero-order valence-electron chi connectivity index (χ0n) is 17.5. The lowest BCUT2D eigenvalue weighted by molar-refractivity contribution is 0.0109. The first kappa shape index (κ1) is 22.1. The smallest absolute Gasteiger partial charge is 0.146 e. The Kier molecular flexibility index (Phi) is 8.47. The van der Waals surface area contributed by atoms with E-state index in [-0.39, 0.29) is 19.0 Å². The van der Waals surface area contributed by atoms with Crippen molar-refractivity contribution in [2.75, 3.05) is 19.8 Å². The topological polar surface area (TPSA) is 89.6 Å². The number of fused-ring (bicyclic) bond motifs is 1. The third-order valence-corrected chi connectivity index (χ3v) is 4.84. The van der Waals surface area contributed by atoms with Crippen molar-refractivity contribution in [1.82, 2.24) is 15.0 Å². The van der Waals surface area contributed by atoms with E-state index in [1.807, 2.05) is 24.3 Å². The van der Waals surface area contributed by atoms with E-state index in [9.17, 15) is 10.2 Å². The molecular formula is C23H31N3O4. The predicted octanol–water partition coefficient (Wildman–Crippen LogP) is 4.24. The number of hydrogen-bond donors (Lipinski definition) is 2. The summed E-state index contributed by atoms with van der Waals surface area (Å²) in [6.45, 7) is 3.20. The molecule has 0 saturated carbocycles. The van der Waals surface area contributed by atoms with E-state index in [4.69, 9.17) is 9.47 Å². The van der Waals surface area contributed by atoms with Gasteiger partial charge in [0.05, 0.1) is 6.61 Å². The number of phenols is 1. The van der Waals surface area contributed by atoms with Crippen molar-refractivity contribution in [3.05, 3.63) is 42.5 Å². The largest absolute Gasteiger partial charge is 0.505 e. The summed E-state index contributed by atoms with van der Waals surface area (Å²) in [7, 11) is 0. The average molecular weight is 414 g/mol. The van der Waals surface area contributed by atoms with Crippen molar-refractivity contribution >= 4 is 11.0 Å². The quantitative estimate of drug-likeness (QED) is 0.407. The molecule has 2 aromatic carbocycles. The highest BCUT2D eigenvalue weighted by atomic mass is 16.5. The van der Waals surface area contributed by atoms with Crippen molar-refractivity contribution in [3.63, 3.8) is 0 Å². The minimum absolute atomic E-state index is 0.00150. The van der Waals surface area contributed by atoms with Crippen molar-refractivity contribution in [2.45, 2.75) is 51.6 Å². The first-order chi connectivity index (χ1) is 14.7. The SMILES string of the molecule is CCCCCCCCOC[C@@H](O)COc1ccc(-n2nc3ccccc3n2)c(O)c1. The minimum Gasteiger partial charge on any atom is -0.505 e. The molecule has 162 valence electrons. The fourth-order valence-electron chi connectivity index (χ4n) is 3.17. The van der Waals surface area contributed by atoms with Crippen LogP contribution in [-0.2, 0) is 4.74 Å². The number of rotatable bonds is 13. The van der Waals surface area contributed by atoms with Gasteiger partial charge in [0.25, 0.3) is 0 Å². The summed E-state index contributed by atoms with van der Waals surface area (Å²) >= 11 is 0. The maximum Gasteiger partial charge on any atom is 0.146 e. The van der Waals surface area contributed by atoms with Gasteiger partial charge in [-0.3, -0.25) is 0 Å². The van der Waals surface area contributed by atoms with Crippen LogP contribution >= 0.6 is 0 Å². The minimum atomic E-state index is -0.718. The van der Waals surface area contributed by atoms with E-state index < -0.39 is 6.10 Å². The predicted molar refractivity (Wildman–Crippen MR) is 116 cm³/mol. The molecule has 0 amide bonds. The molecule has 0 radical (unpaired) electrons. The van der Waals surface area contributed by atoms with E-state index in [1.165, 1.54) is 43.0 Å². The number of nitrogens with zero attached hydrogens (tertiary/aromatic N) is 3. The molecule has 3 aromatic rings. The number of unbranched alkanes of at least 4 members (excludes halogenated alkanes) is 5. The molecule has 7 nitrogen and oxygen atoms in total. The number of hydrogen-bond acceptors (Lipinski definition) is 6. The zero-order chi connectivity index (χ0) is 21.2. The molecule has 0 fully saturated rings. The van der Waals surface area contributed by atoms with Crippen LogP contribution in [0.1, 0.15) is 45.4 Å². The Labute approximate surface area is 177 Å². The van der Waals surface area contributed by atoms with Crippen molar-refractivity contribution in [3.8, 4) is 17.2 Å². The van der Waals surface area contributed by atoms with Crippen LogP contribution in [0.15, 0.2) is 42.5 Å². The van der Waals surface area contributed by atoms with Gasteiger partial charge < -0.3 is 19.7 Å². The molecule has 3 rings (SSSR count). The van der Waals surface area contributed by atoms with Gasteiger partial charge in [-0.1, -0.05) is 51.2 Å². The second-order valence-electron chi connectivity index (χ2n) is 7.44. The molecule has 0 bridgehead atoms. The van der Waals surface area contributed by atoms with Gasteiger partial charge in [-0.2, -0.15) is 0 Å². The lowest BCUT2D eigenvalue weighted by Crippen LogP contribution is -2.23.